The highest BCUT2D eigenvalue weighted by atomic mass is 32.1. The number of rotatable bonds is 4. The van der Waals surface area contributed by atoms with Crippen LogP contribution in [0.25, 0.3) is 10.6 Å². The lowest BCUT2D eigenvalue weighted by molar-refractivity contribution is 0.503. The molecule has 2 aromatic rings. The Kier molecular flexibility index (Phi) is 3.41. The van der Waals surface area contributed by atoms with Crippen LogP contribution in [0, 0.1) is 0 Å². The van der Waals surface area contributed by atoms with Crippen molar-refractivity contribution in [2.24, 2.45) is 0 Å². The normalized spacial score (nSPS) is 11.2. The average Bonchev–Trinajstić information content (AvgIpc) is 2.83. The van der Waals surface area contributed by atoms with Gasteiger partial charge in [0.2, 0.25) is 0 Å². The Morgan fingerprint density at radius 3 is 2.88 bits per heavy atom. The van der Waals surface area contributed by atoms with Crippen molar-refractivity contribution < 1.29 is 0 Å². The van der Waals surface area contributed by atoms with Crippen LogP contribution in [0.3, 0.4) is 0 Å². The first-order chi connectivity index (χ1) is 7.72. The van der Waals surface area contributed by atoms with Crippen molar-refractivity contribution in [1.29, 1.82) is 0 Å². The average molecular weight is 235 g/mol. The number of nitrogens with one attached hydrogen (secondary N) is 1. The summed E-state index contributed by atoms with van der Waals surface area (Å²) in [7, 11) is 1.96. The lowest BCUT2D eigenvalue weighted by Crippen LogP contribution is -2.13. The number of hydrogen-bond acceptors (Lipinski definition) is 3. The van der Waals surface area contributed by atoms with Crippen LogP contribution in [0.5, 0.6) is 0 Å². The van der Waals surface area contributed by atoms with E-state index in [-0.39, 0.29) is 0 Å². The Labute approximate surface area is 100 Å². The fraction of sp³-hybridized carbons (Fsp3) is 0.417. The van der Waals surface area contributed by atoms with E-state index in [0.29, 0.717) is 6.04 Å². The van der Waals surface area contributed by atoms with Crippen molar-refractivity contribution in [2.75, 3.05) is 7.05 Å². The Balaban J connectivity index is 2.38. The molecular formula is C12H17N3S. The minimum absolute atomic E-state index is 0.400. The number of nitrogens with zero attached hydrogens (tertiary/aromatic N) is 2. The summed E-state index contributed by atoms with van der Waals surface area (Å²) in [5.41, 5.74) is 2.31. The van der Waals surface area contributed by atoms with Gasteiger partial charge in [0.1, 0.15) is 5.69 Å². The summed E-state index contributed by atoms with van der Waals surface area (Å²) in [6.07, 6.45) is 0. The summed E-state index contributed by atoms with van der Waals surface area (Å²) in [5, 5.41) is 9.92. The molecule has 2 heterocycles. The monoisotopic (exact) mass is 235 g/mol. The van der Waals surface area contributed by atoms with Crippen LogP contribution in [-0.2, 0) is 6.54 Å². The van der Waals surface area contributed by atoms with Crippen LogP contribution in [0.1, 0.15) is 25.6 Å². The number of thiophene rings is 1. The molecular weight excluding hydrogens is 218 g/mol. The third-order valence-corrected chi connectivity index (χ3v) is 3.33. The van der Waals surface area contributed by atoms with Crippen molar-refractivity contribution >= 4 is 11.3 Å². The van der Waals surface area contributed by atoms with Gasteiger partial charge in [-0.1, -0.05) is 6.07 Å². The number of hydrogen-bond donors (Lipinski definition) is 1. The van der Waals surface area contributed by atoms with E-state index in [1.807, 2.05) is 7.05 Å². The second kappa shape index (κ2) is 4.80. The minimum atomic E-state index is 0.400. The fourth-order valence-electron chi connectivity index (χ4n) is 1.74. The molecule has 4 heteroatoms. The second-order valence-corrected chi connectivity index (χ2v) is 5.01. The maximum atomic E-state index is 4.66. The SMILES string of the molecule is CNCc1cc(-c2cccs2)nn1C(C)C. The predicted molar refractivity (Wildman–Crippen MR) is 68.7 cm³/mol. The molecule has 0 atom stereocenters. The van der Waals surface area contributed by atoms with E-state index in [4.69, 9.17) is 0 Å². The molecule has 3 nitrogen and oxygen atoms in total. The van der Waals surface area contributed by atoms with Gasteiger partial charge in [-0.2, -0.15) is 5.10 Å². The van der Waals surface area contributed by atoms with E-state index >= 15 is 0 Å². The molecule has 0 radical (unpaired) electrons. The zero-order valence-corrected chi connectivity index (χ0v) is 10.7. The van der Waals surface area contributed by atoms with Gasteiger partial charge in [0, 0.05) is 12.6 Å². The lowest BCUT2D eigenvalue weighted by atomic mass is 10.3. The molecule has 0 aromatic carbocycles. The second-order valence-electron chi connectivity index (χ2n) is 4.07. The summed E-state index contributed by atoms with van der Waals surface area (Å²) in [6, 6.07) is 6.74. The zero-order chi connectivity index (χ0) is 11.5. The van der Waals surface area contributed by atoms with Gasteiger partial charge < -0.3 is 5.32 Å². The van der Waals surface area contributed by atoms with Gasteiger partial charge in [-0.15, -0.1) is 11.3 Å². The van der Waals surface area contributed by atoms with Gasteiger partial charge in [0.05, 0.1) is 10.6 Å². The minimum Gasteiger partial charge on any atom is -0.314 e. The van der Waals surface area contributed by atoms with E-state index in [9.17, 15) is 0 Å². The van der Waals surface area contributed by atoms with E-state index in [1.54, 1.807) is 11.3 Å². The molecule has 0 saturated carbocycles. The van der Waals surface area contributed by atoms with Crippen molar-refractivity contribution in [1.82, 2.24) is 15.1 Å². The topological polar surface area (TPSA) is 29.9 Å². The lowest BCUT2D eigenvalue weighted by Gasteiger charge is -2.09. The third kappa shape index (κ3) is 2.18. The molecule has 0 amide bonds. The smallest absolute Gasteiger partial charge is 0.103 e. The molecule has 0 fully saturated rings. The van der Waals surface area contributed by atoms with Crippen LogP contribution in [-0.4, -0.2) is 16.8 Å². The molecule has 0 spiro atoms. The van der Waals surface area contributed by atoms with Crippen LogP contribution in [0.2, 0.25) is 0 Å². The summed E-state index contributed by atoms with van der Waals surface area (Å²) >= 11 is 1.73. The van der Waals surface area contributed by atoms with Crippen molar-refractivity contribution in [3.63, 3.8) is 0 Å². The zero-order valence-electron chi connectivity index (χ0n) is 9.90. The molecule has 2 aromatic heterocycles. The van der Waals surface area contributed by atoms with Gasteiger partial charge >= 0.3 is 0 Å². The highest BCUT2D eigenvalue weighted by Gasteiger charge is 2.11. The fourth-order valence-corrected chi connectivity index (χ4v) is 2.42. The quantitative estimate of drug-likeness (QED) is 0.883. The van der Waals surface area contributed by atoms with Crippen LogP contribution in [0.4, 0.5) is 0 Å². The summed E-state index contributed by atoms with van der Waals surface area (Å²) in [5.74, 6) is 0. The Morgan fingerprint density at radius 1 is 1.50 bits per heavy atom. The predicted octanol–water partition coefficient (Wildman–Crippen LogP) is 2.91. The molecule has 0 unspecified atom stereocenters. The van der Waals surface area contributed by atoms with Crippen LogP contribution >= 0.6 is 11.3 Å². The van der Waals surface area contributed by atoms with E-state index < -0.39 is 0 Å². The molecule has 0 saturated heterocycles. The van der Waals surface area contributed by atoms with Crippen molar-refractivity contribution in [2.45, 2.75) is 26.4 Å². The van der Waals surface area contributed by atoms with E-state index in [2.05, 4.69) is 52.5 Å². The Hall–Kier alpha value is -1.13. The first kappa shape index (κ1) is 11.4. The largest absolute Gasteiger partial charge is 0.314 e. The maximum absolute atomic E-state index is 4.66. The molecule has 1 N–H and O–H groups in total. The molecule has 0 aliphatic carbocycles. The standard InChI is InChI=1S/C12H17N3S/c1-9(2)15-10(8-13-3)7-11(14-15)12-5-4-6-16-12/h4-7,9,13H,8H2,1-3H3. The highest BCUT2D eigenvalue weighted by molar-refractivity contribution is 7.13. The molecule has 2 rings (SSSR count). The summed E-state index contributed by atoms with van der Waals surface area (Å²) in [4.78, 5) is 1.23. The Bertz CT molecular complexity index is 443. The van der Waals surface area contributed by atoms with Gasteiger partial charge in [-0.25, -0.2) is 0 Å². The summed E-state index contributed by atoms with van der Waals surface area (Å²) in [6.45, 7) is 5.17. The van der Waals surface area contributed by atoms with Crippen molar-refractivity contribution in [3.8, 4) is 10.6 Å². The molecule has 0 bridgehead atoms. The van der Waals surface area contributed by atoms with Gasteiger partial charge in [-0.3, -0.25) is 4.68 Å². The van der Waals surface area contributed by atoms with Crippen molar-refractivity contribution in [3.05, 3.63) is 29.3 Å². The molecule has 86 valence electrons. The first-order valence-corrected chi connectivity index (χ1v) is 6.37. The maximum Gasteiger partial charge on any atom is 0.103 e. The Morgan fingerprint density at radius 2 is 2.31 bits per heavy atom. The number of aromatic nitrogens is 2. The molecule has 0 aliphatic heterocycles. The molecule has 16 heavy (non-hydrogen) atoms. The third-order valence-electron chi connectivity index (χ3n) is 2.43. The van der Waals surface area contributed by atoms with E-state index in [0.717, 1.165) is 12.2 Å². The van der Waals surface area contributed by atoms with Gasteiger partial charge in [0.15, 0.2) is 0 Å². The first-order valence-electron chi connectivity index (χ1n) is 5.49. The van der Waals surface area contributed by atoms with E-state index in [1.165, 1.54) is 10.6 Å². The van der Waals surface area contributed by atoms with Gasteiger partial charge in [0.25, 0.3) is 0 Å². The van der Waals surface area contributed by atoms with Gasteiger partial charge in [-0.05, 0) is 38.4 Å². The van der Waals surface area contributed by atoms with Crippen LogP contribution < -0.4 is 5.32 Å². The highest BCUT2D eigenvalue weighted by Crippen LogP contribution is 2.25. The molecule has 0 aliphatic rings. The van der Waals surface area contributed by atoms with Crippen LogP contribution in [0.15, 0.2) is 23.6 Å². The summed E-state index contributed by atoms with van der Waals surface area (Å²) < 4.78 is 2.09.